The van der Waals surface area contributed by atoms with Crippen LogP contribution in [-0.2, 0) is 19.1 Å². The van der Waals surface area contributed by atoms with E-state index in [-0.39, 0.29) is 5.91 Å². The molecule has 3 aliphatic heterocycles. The van der Waals surface area contributed by atoms with E-state index in [0.717, 1.165) is 61.3 Å². The fourth-order valence-corrected chi connectivity index (χ4v) is 5.10. The van der Waals surface area contributed by atoms with Gasteiger partial charge in [0, 0.05) is 56.3 Å². The van der Waals surface area contributed by atoms with Gasteiger partial charge in [-0.1, -0.05) is 12.1 Å². The van der Waals surface area contributed by atoms with E-state index < -0.39 is 11.7 Å². The zero-order valence-corrected chi connectivity index (χ0v) is 19.1. The number of piperazine rings is 1. The van der Waals surface area contributed by atoms with Gasteiger partial charge in [0.1, 0.15) is 0 Å². The van der Waals surface area contributed by atoms with Gasteiger partial charge in [-0.05, 0) is 67.4 Å². The molecule has 0 aliphatic carbocycles. The largest absolute Gasteiger partial charge is 0.416 e. The molecule has 2 fully saturated rings. The third-order valence-electron chi connectivity index (χ3n) is 7.12. The van der Waals surface area contributed by atoms with E-state index >= 15 is 0 Å². The highest BCUT2D eigenvalue weighted by molar-refractivity contribution is 5.99. The first-order valence-electron chi connectivity index (χ1n) is 12.0. The van der Waals surface area contributed by atoms with Gasteiger partial charge in [0.25, 0.3) is 5.91 Å². The second kappa shape index (κ2) is 9.50. The standard InChI is InChI=1S/C26H29F3N4O/c27-26(28,29)22-4-1-18(2-5-22)17-32-11-13-33(14-12-32)25(34)20-3-6-23-21(15-20)16-24(31-23)19-7-9-30-10-8-19/h1-6,15,19,30H,7-14,16-17H2. The minimum absolute atomic E-state index is 0.0345. The number of carbonyl (C=O) groups is 1. The maximum Gasteiger partial charge on any atom is 0.416 e. The number of piperidine rings is 1. The Kier molecular flexibility index (Phi) is 6.44. The van der Waals surface area contributed by atoms with Gasteiger partial charge in [-0.2, -0.15) is 13.2 Å². The lowest BCUT2D eigenvalue weighted by Gasteiger charge is -2.35. The monoisotopic (exact) mass is 470 g/mol. The normalized spacial score (nSPS) is 19.7. The highest BCUT2D eigenvalue weighted by Gasteiger charge is 2.30. The van der Waals surface area contributed by atoms with Crippen LogP contribution in [0.2, 0.25) is 0 Å². The maximum atomic E-state index is 13.1. The number of amides is 1. The van der Waals surface area contributed by atoms with Crippen molar-refractivity contribution in [1.29, 1.82) is 0 Å². The molecule has 5 nitrogen and oxygen atoms in total. The predicted molar refractivity (Wildman–Crippen MR) is 125 cm³/mol. The first-order chi connectivity index (χ1) is 16.4. The molecule has 1 N–H and O–H groups in total. The maximum absolute atomic E-state index is 13.1. The van der Waals surface area contributed by atoms with Gasteiger partial charge in [0.15, 0.2) is 0 Å². The number of benzene rings is 2. The number of hydrogen-bond donors (Lipinski definition) is 1. The van der Waals surface area contributed by atoms with Crippen LogP contribution in [0.25, 0.3) is 0 Å². The lowest BCUT2D eigenvalue weighted by atomic mass is 9.90. The van der Waals surface area contributed by atoms with Gasteiger partial charge < -0.3 is 10.2 Å². The molecule has 0 radical (unpaired) electrons. The van der Waals surface area contributed by atoms with E-state index in [1.807, 2.05) is 23.1 Å². The summed E-state index contributed by atoms with van der Waals surface area (Å²) in [6.45, 7) is 5.25. The molecular weight excluding hydrogens is 441 g/mol. The van der Waals surface area contributed by atoms with Gasteiger partial charge in [0.2, 0.25) is 0 Å². The average molecular weight is 471 g/mol. The Morgan fingerprint density at radius 3 is 2.38 bits per heavy atom. The van der Waals surface area contributed by atoms with Crippen LogP contribution in [0.4, 0.5) is 18.9 Å². The van der Waals surface area contributed by atoms with Crippen LogP contribution >= 0.6 is 0 Å². The highest BCUT2D eigenvalue weighted by atomic mass is 19.4. The number of nitrogens with zero attached hydrogens (tertiary/aromatic N) is 3. The van der Waals surface area contributed by atoms with Crippen molar-refractivity contribution in [3.05, 3.63) is 64.7 Å². The van der Waals surface area contributed by atoms with Crippen LogP contribution in [0.5, 0.6) is 0 Å². The minimum Gasteiger partial charge on any atom is -0.336 e. The molecule has 0 atom stereocenters. The molecular formula is C26H29F3N4O. The number of fused-ring (bicyclic) bond motifs is 1. The Morgan fingerprint density at radius 2 is 1.71 bits per heavy atom. The summed E-state index contributed by atoms with van der Waals surface area (Å²) in [5.41, 5.74) is 4.30. The molecule has 34 heavy (non-hydrogen) atoms. The van der Waals surface area contributed by atoms with Crippen LogP contribution in [0, 0.1) is 5.92 Å². The molecule has 0 spiro atoms. The molecule has 180 valence electrons. The first kappa shape index (κ1) is 23.1. The van der Waals surface area contributed by atoms with Crippen molar-refractivity contribution >= 4 is 17.3 Å². The summed E-state index contributed by atoms with van der Waals surface area (Å²) in [6.07, 6.45) is -1.24. The quantitative estimate of drug-likeness (QED) is 0.725. The van der Waals surface area contributed by atoms with Crippen molar-refractivity contribution in [2.24, 2.45) is 10.9 Å². The Hall–Kier alpha value is -2.71. The molecule has 2 aromatic carbocycles. The van der Waals surface area contributed by atoms with E-state index in [0.29, 0.717) is 44.2 Å². The van der Waals surface area contributed by atoms with E-state index in [4.69, 9.17) is 4.99 Å². The molecule has 1 amide bonds. The molecule has 5 rings (SSSR count). The third-order valence-corrected chi connectivity index (χ3v) is 7.12. The number of alkyl halides is 3. The number of halogens is 3. The molecule has 2 aromatic rings. The number of aliphatic imine (C=N–C) groups is 1. The smallest absolute Gasteiger partial charge is 0.336 e. The molecule has 0 bridgehead atoms. The van der Waals surface area contributed by atoms with Gasteiger partial charge >= 0.3 is 6.18 Å². The fraction of sp³-hybridized carbons (Fsp3) is 0.462. The van der Waals surface area contributed by atoms with Crippen molar-refractivity contribution in [2.75, 3.05) is 39.3 Å². The molecule has 0 aromatic heterocycles. The Labute approximate surface area is 197 Å². The Bertz CT molecular complexity index is 1070. The third kappa shape index (κ3) is 5.03. The number of rotatable bonds is 4. The average Bonchev–Trinajstić information content (AvgIpc) is 3.28. The van der Waals surface area contributed by atoms with Crippen molar-refractivity contribution in [1.82, 2.24) is 15.1 Å². The SMILES string of the molecule is O=C(c1ccc2c(c1)CC(C1CCNCC1)=N2)N1CCN(Cc2ccc(C(F)(F)F)cc2)CC1. The van der Waals surface area contributed by atoms with Crippen LogP contribution < -0.4 is 5.32 Å². The topological polar surface area (TPSA) is 47.9 Å². The van der Waals surface area contributed by atoms with Crippen molar-refractivity contribution in [2.45, 2.75) is 32.0 Å². The second-order valence-electron chi connectivity index (χ2n) is 9.41. The van der Waals surface area contributed by atoms with Gasteiger partial charge in [-0.25, -0.2) is 0 Å². The summed E-state index contributed by atoms with van der Waals surface area (Å²) >= 11 is 0. The van der Waals surface area contributed by atoms with E-state index in [1.165, 1.54) is 17.8 Å². The molecule has 0 unspecified atom stereocenters. The first-order valence-corrected chi connectivity index (χ1v) is 12.0. The summed E-state index contributed by atoms with van der Waals surface area (Å²) in [7, 11) is 0. The molecule has 0 saturated carbocycles. The zero-order valence-electron chi connectivity index (χ0n) is 19.1. The van der Waals surface area contributed by atoms with E-state index in [1.54, 1.807) is 0 Å². The fourth-order valence-electron chi connectivity index (χ4n) is 5.10. The summed E-state index contributed by atoms with van der Waals surface area (Å²) < 4.78 is 38.3. The van der Waals surface area contributed by atoms with Crippen LogP contribution in [-0.4, -0.2) is 60.7 Å². The van der Waals surface area contributed by atoms with Gasteiger partial charge in [-0.3, -0.25) is 14.7 Å². The number of carbonyl (C=O) groups excluding carboxylic acids is 1. The lowest BCUT2D eigenvalue weighted by Crippen LogP contribution is -2.48. The minimum atomic E-state index is -4.32. The summed E-state index contributed by atoms with van der Waals surface area (Å²) in [5, 5.41) is 3.39. The second-order valence-corrected chi connectivity index (χ2v) is 9.41. The van der Waals surface area contributed by atoms with Crippen molar-refractivity contribution in [3.8, 4) is 0 Å². The van der Waals surface area contributed by atoms with Crippen LogP contribution in [0.1, 0.15) is 39.9 Å². The lowest BCUT2D eigenvalue weighted by molar-refractivity contribution is -0.137. The molecule has 3 heterocycles. The highest BCUT2D eigenvalue weighted by Crippen LogP contribution is 2.32. The van der Waals surface area contributed by atoms with Crippen LogP contribution in [0.3, 0.4) is 0 Å². The Balaban J connectivity index is 1.15. The van der Waals surface area contributed by atoms with E-state index in [9.17, 15) is 18.0 Å². The van der Waals surface area contributed by atoms with Crippen molar-refractivity contribution < 1.29 is 18.0 Å². The molecule has 8 heteroatoms. The van der Waals surface area contributed by atoms with Gasteiger partial charge in [0.05, 0.1) is 11.3 Å². The molecule has 3 aliphatic rings. The molecule has 2 saturated heterocycles. The van der Waals surface area contributed by atoms with Crippen molar-refractivity contribution in [3.63, 3.8) is 0 Å². The zero-order chi connectivity index (χ0) is 23.7. The Morgan fingerprint density at radius 1 is 1.00 bits per heavy atom. The summed E-state index contributed by atoms with van der Waals surface area (Å²) in [6, 6.07) is 11.2. The van der Waals surface area contributed by atoms with E-state index in [2.05, 4.69) is 10.2 Å². The summed E-state index contributed by atoms with van der Waals surface area (Å²) in [5.74, 6) is 0.567. The summed E-state index contributed by atoms with van der Waals surface area (Å²) in [4.78, 5) is 22.0. The predicted octanol–water partition coefficient (Wildman–Crippen LogP) is 4.29. The van der Waals surface area contributed by atoms with Crippen LogP contribution in [0.15, 0.2) is 47.5 Å². The number of nitrogens with one attached hydrogen (secondary N) is 1. The van der Waals surface area contributed by atoms with Gasteiger partial charge in [-0.15, -0.1) is 0 Å². The number of hydrogen-bond acceptors (Lipinski definition) is 4.